The molecule has 8 heteroatoms. The lowest BCUT2D eigenvalue weighted by Crippen LogP contribution is -2.45. The van der Waals surface area contributed by atoms with Gasteiger partial charge in [-0.2, -0.15) is 10.2 Å². The van der Waals surface area contributed by atoms with Gasteiger partial charge in [0.2, 0.25) is 0 Å². The molecule has 0 amide bonds. The lowest BCUT2D eigenvalue weighted by molar-refractivity contribution is 0.00313. The quantitative estimate of drug-likeness (QED) is 0.436. The van der Waals surface area contributed by atoms with E-state index in [9.17, 15) is 0 Å². The predicted molar refractivity (Wildman–Crippen MR) is 135 cm³/mol. The minimum absolute atomic E-state index is 0.445. The van der Waals surface area contributed by atoms with Gasteiger partial charge in [0.1, 0.15) is 0 Å². The highest BCUT2D eigenvalue weighted by Crippen LogP contribution is 2.32. The van der Waals surface area contributed by atoms with Crippen molar-refractivity contribution < 1.29 is 4.74 Å². The molecule has 35 heavy (non-hydrogen) atoms. The molecule has 0 N–H and O–H groups in total. The Morgan fingerprint density at radius 3 is 2.34 bits per heavy atom. The number of aryl methyl sites for hydroxylation is 1. The zero-order chi connectivity index (χ0) is 23.6. The molecule has 1 saturated heterocycles. The molecule has 2 atom stereocenters. The van der Waals surface area contributed by atoms with Crippen molar-refractivity contribution in [3.63, 3.8) is 0 Å². The van der Waals surface area contributed by atoms with Crippen molar-refractivity contribution in [2.24, 2.45) is 7.05 Å². The summed E-state index contributed by atoms with van der Waals surface area (Å²) in [5.74, 6) is 0.715. The molecule has 3 aromatic heterocycles. The molecule has 0 bridgehead atoms. The molecule has 8 nitrogen and oxygen atoms in total. The molecule has 1 saturated carbocycles. The fourth-order valence-electron chi connectivity index (χ4n) is 5.37. The highest BCUT2D eigenvalue weighted by molar-refractivity contribution is 5.70. The smallest absolute Gasteiger partial charge is 0.159 e. The van der Waals surface area contributed by atoms with E-state index in [0.717, 1.165) is 60.5 Å². The van der Waals surface area contributed by atoms with Gasteiger partial charge in [0.05, 0.1) is 31.6 Å². The van der Waals surface area contributed by atoms with Gasteiger partial charge in [-0.3, -0.25) is 14.3 Å². The lowest BCUT2D eigenvalue weighted by Gasteiger charge is -2.39. The van der Waals surface area contributed by atoms with Crippen molar-refractivity contribution in [2.45, 2.75) is 37.8 Å². The second-order valence-corrected chi connectivity index (χ2v) is 9.61. The first-order valence-electron chi connectivity index (χ1n) is 12.5. The van der Waals surface area contributed by atoms with Crippen LogP contribution in [0, 0.1) is 0 Å². The van der Waals surface area contributed by atoms with E-state index in [2.05, 4.69) is 43.0 Å². The van der Waals surface area contributed by atoms with Gasteiger partial charge in [-0.25, -0.2) is 9.97 Å². The average molecular weight is 470 g/mol. The van der Waals surface area contributed by atoms with E-state index < -0.39 is 0 Å². The highest BCUT2D eigenvalue weighted by Gasteiger charge is 2.29. The van der Waals surface area contributed by atoms with Crippen molar-refractivity contribution >= 4 is 0 Å². The van der Waals surface area contributed by atoms with E-state index >= 15 is 0 Å². The minimum Gasteiger partial charge on any atom is -0.379 e. The molecule has 4 heterocycles. The van der Waals surface area contributed by atoms with Crippen LogP contribution >= 0.6 is 0 Å². The van der Waals surface area contributed by atoms with Crippen LogP contribution in [0.3, 0.4) is 0 Å². The van der Waals surface area contributed by atoms with Gasteiger partial charge < -0.3 is 4.74 Å². The molecule has 1 aromatic carbocycles. The molecule has 2 fully saturated rings. The van der Waals surface area contributed by atoms with Gasteiger partial charge in [-0.1, -0.05) is 18.2 Å². The minimum atomic E-state index is 0.445. The van der Waals surface area contributed by atoms with Crippen LogP contribution < -0.4 is 0 Å². The first-order valence-corrected chi connectivity index (χ1v) is 12.5. The summed E-state index contributed by atoms with van der Waals surface area (Å²) >= 11 is 0. The molecule has 0 radical (unpaired) electrons. The maximum absolute atomic E-state index is 5.54. The predicted octanol–water partition coefficient (Wildman–Crippen LogP) is 4.22. The summed E-state index contributed by atoms with van der Waals surface area (Å²) in [4.78, 5) is 12.0. The van der Waals surface area contributed by atoms with Gasteiger partial charge >= 0.3 is 0 Å². The molecule has 2 unspecified atom stereocenters. The van der Waals surface area contributed by atoms with Crippen molar-refractivity contribution in [1.29, 1.82) is 0 Å². The summed E-state index contributed by atoms with van der Waals surface area (Å²) in [7, 11) is 1.92. The number of benzene rings is 1. The van der Waals surface area contributed by atoms with E-state index in [1.807, 2.05) is 54.8 Å². The fourth-order valence-corrected chi connectivity index (χ4v) is 5.37. The Morgan fingerprint density at radius 2 is 1.54 bits per heavy atom. The van der Waals surface area contributed by atoms with Crippen molar-refractivity contribution in [2.75, 3.05) is 26.3 Å². The SMILES string of the molecule is Cn1cc(-c2cccc(-c3ncc(-c4cnn(C5CCCC(N6CCOCC6)C5)c4)cn3)c2)cn1. The molecular formula is C27H31N7O. The van der Waals surface area contributed by atoms with Gasteiger partial charge in [0.15, 0.2) is 5.82 Å². The highest BCUT2D eigenvalue weighted by atomic mass is 16.5. The molecule has 1 aliphatic carbocycles. The second kappa shape index (κ2) is 9.71. The van der Waals surface area contributed by atoms with E-state index in [1.54, 1.807) is 0 Å². The van der Waals surface area contributed by atoms with Crippen LogP contribution in [0.15, 0.2) is 61.4 Å². The third kappa shape index (κ3) is 4.76. The Balaban J connectivity index is 1.16. The van der Waals surface area contributed by atoms with Gasteiger partial charge in [-0.15, -0.1) is 0 Å². The van der Waals surface area contributed by atoms with Crippen LogP contribution in [0.1, 0.15) is 31.7 Å². The molecular weight excluding hydrogens is 438 g/mol. The molecule has 2 aliphatic rings. The van der Waals surface area contributed by atoms with E-state index in [0.29, 0.717) is 17.9 Å². The average Bonchev–Trinajstić information content (AvgIpc) is 3.59. The monoisotopic (exact) mass is 469 g/mol. The number of aromatic nitrogens is 6. The molecule has 180 valence electrons. The van der Waals surface area contributed by atoms with E-state index in [-0.39, 0.29) is 0 Å². The van der Waals surface area contributed by atoms with Crippen LogP contribution in [0.4, 0.5) is 0 Å². The maximum atomic E-state index is 5.54. The number of rotatable bonds is 5. The summed E-state index contributed by atoms with van der Waals surface area (Å²) in [6.45, 7) is 3.82. The normalized spacial score (nSPS) is 21.3. The number of hydrogen-bond acceptors (Lipinski definition) is 6. The van der Waals surface area contributed by atoms with Gasteiger partial charge in [0, 0.05) is 73.2 Å². The number of ether oxygens (including phenoxy) is 1. The standard InChI is InChI=1S/C27H31N7O/c1-32-18-23(16-30-32)20-4-2-5-21(12-20)27-28-14-22(15-29-27)24-17-31-34(19-24)26-7-3-6-25(13-26)33-8-10-35-11-9-33/h2,4-5,12,14-19,25-26H,3,6-11,13H2,1H3. The van der Waals surface area contributed by atoms with Crippen molar-refractivity contribution in [1.82, 2.24) is 34.4 Å². The Hall–Kier alpha value is -3.36. The summed E-state index contributed by atoms with van der Waals surface area (Å²) in [6.07, 6.45) is 16.7. The molecule has 6 rings (SSSR count). The third-order valence-electron chi connectivity index (χ3n) is 7.30. The molecule has 4 aromatic rings. The van der Waals surface area contributed by atoms with E-state index in [1.165, 1.54) is 19.3 Å². The lowest BCUT2D eigenvalue weighted by atomic mass is 9.90. The van der Waals surface area contributed by atoms with Crippen LogP contribution in [-0.4, -0.2) is 66.8 Å². The summed E-state index contributed by atoms with van der Waals surface area (Å²) in [5.41, 5.74) is 5.23. The largest absolute Gasteiger partial charge is 0.379 e. The first kappa shape index (κ1) is 22.1. The maximum Gasteiger partial charge on any atom is 0.159 e. The number of hydrogen-bond donors (Lipinski definition) is 0. The third-order valence-corrected chi connectivity index (χ3v) is 7.30. The summed E-state index contributed by atoms with van der Waals surface area (Å²) in [5, 5.41) is 9.01. The Bertz CT molecular complexity index is 1270. The zero-order valence-corrected chi connectivity index (χ0v) is 20.1. The van der Waals surface area contributed by atoms with Crippen LogP contribution in [0.5, 0.6) is 0 Å². The molecule has 0 spiro atoms. The topological polar surface area (TPSA) is 73.9 Å². The fraction of sp³-hybridized carbons (Fsp3) is 0.407. The Kier molecular flexibility index (Phi) is 6.14. The Labute approximate surface area is 205 Å². The van der Waals surface area contributed by atoms with Gasteiger partial charge in [-0.05, 0) is 37.3 Å². The Morgan fingerprint density at radius 1 is 0.800 bits per heavy atom. The van der Waals surface area contributed by atoms with Gasteiger partial charge in [0.25, 0.3) is 0 Å². The number of morpholine rings is 1. The number of nitrogens with zero attached hydrogens (tertiary/aromatic N) is 7. The zero-order valence-electron chi connectivity index (χ0n) is 20.1. The van der Waals surface area contributed by atoms with Crippen molar-refractivity contribution in [3.8, 4) is 33.6 Å². The van der Waals surface area contributed by atoms with Crippen LogP contribution in [0.2, 0.25) is 0 Å². The van der Waals surface area contributed by atoms with E-state index in [4.69, 9.17) is 9.84 Å². The molecule has 1 aliphatic heterocycles. The first-order chi connectivity index (χ1) is 17.2. The van der Waals surface area contributed by atoms with Crippen molar-refractivity contribution in [3.05, 3.63) is 61.4 Å². The van der Waals surface area contributed by atoms with Crippen LogP contribution in [-0.2, 0) is 11.8 Å². The summed E-state index contributed by atoms with van der Waals surface area (Å²) in [6, 6.07) is 9.35. The summed E-state index contributed by atoms with van der Waals surface area (Å²) < 4.78 is 9.51. The van der Waals surface area contributed by atoms with Crippen LogP contribution in [0.25, 0.3) is 33.6 Å². The second-order valence-electron chi connectivity index (χ2n) is 9.61.